The van der Waals surface area contributed by atoms with Crippen molar-refractivity contribution in [2.75, 3.05) is 19.7 Å². The van der Waals surface area contributed by atoms with Crippen LogP contribution in [-0.4, -0.2) is 36.5 Å². The van der Waals surface area contributed by atoms with E-state index < -0.39 is 23.6 Å². The Kier molecular flexibility index (Phi) is 5.75. The molecule has 0 saturated carbocycles. The second-order valence-electron chi connectivity index (χ2n) is 4.20. The Hall–Kier alpha value is -2.05. The lowest BCUT2D eigenvalue weighted by Gasteiger charge is -2.20. The number of amides is 1. The van der Waals surface area contributed by atoms with Gasteiger partial charge in [-0.2, -0.15) is 13.2 Å². The predicted octanol–water partition coefficient (Wildman–Crippen LogP) is 2.73. The molecular formula is C14H16F3NO3. The van der Waals surface area contributed by atoms with E-state index in [1.54, 1.807) is 13.8 Å². The zero-order valence-corrected chi connectivity index (χ0v) is 11.7. The summed E-state index contributed by atoms with van der Waals surface area (Å²) in [4.78, 5) is 24.7. The molecule has 0 aliphatic heterocycles. The fourth-order valence-electron chi connectivity index (χ4n) is 1.70. The molecule has 0 spiro atoms. The van der Waals surface area contributed by atoms with Crippen molar-refractivity contribution in [2.24, 2.45) is 0 Å². The van der Waals surface area contributed by atoms with Gasteiger partial charge in [-0.15, -0.1) is 0 Å². The smallest absolute Gasteiger partial charge is 0.416 e. The summed E-state index contributed by atoms with van der Waals surface area (Å²) in [5, 5.41) is 0. The number of alkyl halides is 3. The number of carbonyl (C=O) groups is 2. The standard InChI is InChI=1S/C14H16F3NO3/c1-3-18(9-12(19)21-4-2)13(20)10-6-5-7-11(8-10)14(15,16)17/h5-8H,3-4,9H2,1-2H3. The van der Waals surface area contributed by atoms with Crippen molar-refractivity contribution in [1.82, 2.24) is 4.90 Å². The largest absolute Gasteiger partial charge is 0.465 e. The normalized spacial score (nSPS) is 11.1. The number of carbonyl (C=O) groups excluding carboxylic acids is 2. The molecule has 0 fully saturated rings. The van der Waals surface area contributed by atoms with Crippen molar-refractivity contribution in [3.8, 4) is 0 Å². The van der Waals surface area contributed by atoms with Crippen molar-refractivity contribution < 1.29 is 27.5 Å². The average Bonchev–Trinajstić information content (AvgIpc) is 2.43. The lowest BCUT2D eigenvalue weighted by molar-refractivity contribution is -0.144. The van der Waals surface area contributed by atoms with E-state index in [0.29, 0.717) is 0 Å². The van der Waals surface area contributed by atoms with Crippen LogP contribution in [0.4, 0.5) is 13.2 Å². The molecule has 7 heteroatoms. The average molecular weight is 303 g/mol. The van der Waals surface area contributed by atoms with Gasteiger partial charge in [-0.25, -0.2) is 0 Å². The number of ether oxygens (including phenoxy) is 1. The molecule has 116 valence electrons. The summed E-state index contributed by atoms with van der Waals surface area (Å²) in [6.45, 7) is 3.33. The van der Waals surface area contributed by atoms with Gasteiger partial charge < -0.3 is 9.64 Å². The molecule has 0 atom stereocenters. The van der Waals surface area contributed by atoms with Crippen LogP contribution >= 0.6 is 0 Å². The first-order chi connectivity index (χ1) is 9.79. The first-order valence-electron chi connectivity index (χ1n) is 6.41. The first kappa shape index (κ1) is 17.0. The fourth-order valence-corrected chi connectivity index (χ4v) is 1.70. The van der Waals surface area contributed by atoms with Crippen molar-refractivity contribution >= 4 is 11.9 Å². The summed E-state index contributed by atoms with van der Waals surface area (Å²) in [7, 11) is 0. The van der Waals surface area contributed by atoms with Gasteiger partial charge >= 0.3 is 12.1 Å². The molecule has 4 nitrogen and oxygen atoms in total. The lowest BCUT2D eigenvalue weighted by Crippen LogP contribution is -2.36. The topological polar surface area (TPSA) is 46.6 Å². The number of rotatable bonds is 5. The van der Waals surface area contributed by atoms with Gasteiger partial charge in [-0.1, -0.05) is 6.07 Å². The summed E-state index contributed by atoms with van der Waals surface area (Å²) in [5.41, 5.74) is -1.02. The fraction of sp³-hybridized carbons (Fsp3) is 0.429. The van der Waals surface area contributed by atoms with E-state index in [9.17, 15) is 22.8 Å². The van der Waals surface area contributed by atoms with Crippen molar-refractivity contribution in [3.63, 3.8) is 0 Å². The van der Waals surface area contributed by atoms with Crippen molar-refractivity contribution in [2.45, 2.75) is 20.0 Å². The molecule has 1 aromatic carbocycles. The molecular weight excluding hydrogens is 287 g/mol. The summed E-state index contributed by atoms with van der Waals surface area (Å²) < 4.78 is 42.6. The number of benzene rings is 1. The Labute approximate surface area is 120 Å². The van der Waals surface area contributed by atoms with E-state index in [1.807, 2.05) is 0 Å². The number of hydrogen-bond donors (Lipinski definition) is 0. The second-order valence-corrected chi connectivity index (χ2v) is 4.20. The van der Waals surface area contributed by atoms with Gasteiger partial charge in [0.05, 0.1) is 12.2 Å². The van der Waals surface area contributed by atoms with Crippen molar-refractivity contribution in [3.05, 3.63) is 35.4 Å². The van der Waals surface area contributed by atoms with E-state index in [-0.39, 0.29) is 25.3 Å². The molecule has 0 radical (unpaired) electrons. The number of nitrogens with zero attached hydrogens (tertiary/aromatic N) is 1. The Bertz CT molecular complexity index is 514. The Balaban J connectivity index is 2.93. The summed E-state index contributed by atoms with van der Waals surface area (Å²) in [6.07, 6.45) is -4.52. The third-order valence-corrected chi connectivity index (χ3v) is 2.73. The molecule has 1 aromatic rings. The second kappa shape index (κ2) is 7.10. The maximum Gasteiger partial charge on any atom is 0.416 e. The summed E-state index contributed by atoms with van der Waals surface area (Å²) >= 11 is 0. The molecule has 1 rings (SSSR count). The van der Waals surface area contributed by atoms with Crippen LogP contribution in [0.5, 0.6) is 0 Å². The van der Waals surface area contributed by atoms with Crippen LogP contribution in [0.25, 0.3) is 0 Å². The highest BCUT2D eigenvalue weighted by Gasteiger charge is 2.31. The molecule has 0 bridgehead atoms. The zero-order valence-electron chi connectivity index (χ0n) is 11.7. The predicted molar refractivity (Wildman–Crippen MR) is 69.7 cm³/mol. The van der Waals surface area contributed by atoms with Crippen LogP contribution in [0.3, 0.4) is 0 Å². The minimum atomic E-state index is -4.52. The molecule has 0 heterocycles. The van der Waals surface area contributed by atoms with Gasteiger partial charge in [-0.05, 0) is 32.0 Å². The molecule has 0 aliphatic rings. The van der Waals surface area contributed by atoms with Crippen LogP contribution < -0.4 is 0 Å². The molecule has 0 N–H and O–H groups in total. The Morgan fingerprint density at radius 2 is 1.90 bits per heavy atom. The van der Waals surface area contributed by atoms with Crippen LogP contribution in [0.1, 0.15) is 29.8 Å². The zero-order chi connectivity index (χ0) is 16.0. The quantitative estimate of drug-likeness (QED) is 0.786. The van der Waals surface area contributed by atoms with Crippen LogP contribution in [0.15, 0.2) is 24.3 Å². The number of halogens is 3. The summed E-state index contributed by atoms with van der Waals surface area (Å²) in [6, 6.07) is 4.11. The van der Waals surface area contributed by atoms with Gasteiger partial charge in [0.2, 0.25) is 0 Å². The molecule has 0 saturated heterocycles. The van der Waals surface area contributed by atoms with Gasteiger partial charge in [0.25, 0.3) is 5.91 Å². The highest BCUT2D eigenvalue weighted by Crippen LogP contribution is 2.29. The molecule has 0 aromatic heterocycles. The number of likely N-dealkylation sites (N-methyl/N-ethyl adjacent to an activating group) is 1. The Morgan fingerprint density at radius 3 is 2.43 bits per heavy atom. The van der Waals surface area contributed by atoms with Crippen LogP contribution in [0, 0.1) is 0 Å². The van der Waals surface area contributed by atoms with E-state index >= 15 is 0 Å². The monoisotopic (exact) mass is 303 g/mol. The van der Waals surface area contributed by atoms with Gasteiger partial charge in [0, 0.05) is 12.1 Å². The SMILES string of the molecule is CCOC(=O)CN(CC)C(=O)c1cccc(C(F)(F)F)c1. The van der Waals surface area contributed by atoms with E-state index in [0.717, 1.165) is 23.1 Å². The third-order valence-electron chi connectivity index (χ3n) is 2.73. The molecule has 0 unspecified atom stereocenters. The third kappa shape index (κ3) is 4.77. The Morgan fingerprint density at radius 1 is 1.24 bits per heavy atom. The van der Waals surface area contributed by atoms with E-state index in [1.165, 1.54) is 6.07 Å². The van der Waals surface area contributed by atoms with Crippen LogP contribution in [0.2, 0.25) is 0 Å². The number of esters is 1. The maximum absolute atomic E-state index is 12.6. The van der Waals surface area contributed by atoms with Crippen molar-refractivity contribution in [1.29, 1.82) is 0 Å². The first-order valence-corrected chi connectivity index (χ1v) is 6.41. The van der Waals surface area contributed by atoms with Crippen LogP contribution in [-0.2, 0) is 15.7 Å². The lowest BCUT2D eigenvalue weighted by atomic mass is 10.1. The molecule has 1 amide bonds. The highest BCUT2D eigenvalue weighted by molar-refractivity contribution is 5.96. The number of hydrogen-bond acceptors (Lipinski definition) is 3. The highest BCUT2D eigenvalue weighted by atomic mass is 19.4. The van der Waals surface area contributed by atoms with E-state index in [2.05, 4.69) is 0 Å². The minimum absolute atomic E-state index is 0.115. The molecule has 21 heavy (non-hydrogen) atoms. The van der Waals surface area contributed by atoms with Gasteiger partial charge in [0.15, 0.2) is 0 Å². The van der Waals surface area contributed by atoms with Gasteiger partial charge in [-0.3, -0.25) is 9.59 Å². The maximum atomic E-state index is 12.6. The van der Waals surface area contributed by atoms with E-state index in [4.69, 9.17) is 4.74 Å². The van der Waals surface area contributed by atoms with Gasteiger partial charge in [0.1, 0.15) is 6.54 Å². The minimum Gasteiger partial charge on any atom is -0.465 e. The summed E-state index contributed by atoms with van der Waals surface area (Å²) in [5.74, 6) is -1.24. The molecule has 0 aliphatic carbocycles.